The standard InChI is InChI=1S/C15H11N3O3S2/c1-9-4-5-10(7-12(9)18(20)21)14(19)17-15-16-11(8-23-15)13-3-2-6-22-13/h2-8H,1H3,(H,16,17,19). The van der Waals surface area contributed by atoms with Gasteiger partial charge in [0, 0.05) is 22.6 Å². The highest BCUT2D eigenvalue weighted by Crippen LogP contribution is 2.28. The van der Waals surface area contributed by atoms with Crippen molar-refractivity contribution in [3.05, 3.63) is 62.3 Å². The lowest BCUT2D eigenvalue weighted by molar-refractivity contribution is -0.385. The van der Waals surface area contributed by atoms with Crippen molar-refractivity contribution in [2.75, 3.05) is 5.32 Å². The molecular weight excluding hydrogens is 334 g/mol. The monoisotopic (exact) mass is 345 g/mol. The van der Waals surface area contributed by atoms with Crippen LogP contribution in [0.3, 0.4) is 0 Å². The number of aryl methyl sites for hydroxylation is 1. The normalized spacial score (nSPS) is 10.5. The van der Waals surface area contributed by atoms with Gasteiger partial charge >= 0.3 is 0 Å². The second-order valence-corrected chi connectivity index (χ2v) is 6.53. The molecule has 1 amide bonds. The lowest BCUT2D eigenvalue weighted by Crippen LogP contribution is -2.12. The van der Waals surface area contributed by atoms with E-state index in [1.807, 2.05) is 22.9 Å². The quantitative estimate of drug-likeness (QED) is 0.563. The molecule has 1 N–H and O–H groups in total. The first-order chi connectivity index (χ1) is 11.0. The number of carbonyl (C=O) groups is 1. The first-order valence-corrected chi connectivity index (χ1v) is 8.36. The largest absolute Gasteiger partial charge is 0.298 e. The molecular formula is C15H11N3O3S2. The number of thiazole rings is 1. The Morgan fingerprint density at radius 2 is 2.13 bits per heavy atom. The highest BCUT2D eigenvalue weighted by molar-refractivity contribution is 7.16. The van der Waals surface area contributed by atoms with E-state index >= 15 is 0 Å². The Bertz CT molecular complexity index is 872. The molecule has 6 nitrogen and oxygen atoms in total. The van der Waals surface area contributed by atoms with Gasteiger partial charge in [0.25, 0.3) is 11.6 Å². The predicted molar refractivity (Wildman–Crippen MR) is 91.2 cm³/mol. The maximum atomic E-state index is 12.2. The molecule has 0 bridgehead atoms. The molecule has 0 unspecified atom stereocenters. The minimum Gasteiger partial charge on any atom is -0.298 e. The van der Waals surface area contributed by atoms with Crippen molar-refractivity contribution in [3.8, 4) is 10.6 Å². The molecule has 2 aromatic heterocycles. The Morgan fingerprint density at radius 3 is 2.83 bits per heavy atom. The summed E-state index contributed by atoms with van der Waals surface area (Å²) in [6.45, 7) is 1.63. The summed E-state index contributed by atoms with van der Waals surface area (Å²) in [5, 5.41) is 17.9. The summed E-state index contributed by atoms with van der Waals surface area (Å²) in [4.78, 5) is 28.1. The third-order valence-electron chi connectivity index (χ3n) is 3.17. The van der Waals surface area contributed by atoms with Crippen LogP contribution in [0.4, 0.5) is 10.8 Å². The number of rotatable bonds is 4. The number of hydrogen-bond donors (Lipinski definition) is 1. The van der Waals surface area contributed by atoms with Crippen LogP contribution in [0.2, 0.25) is 0 Å². The zero-order chi connectivity index (χ0) is 16.4. The molecule has 23 heavy (non-hydrogen) atoms. The summed E-state index contributed by atoms with van der Waals surface area (Å²) in [6, 6.07) is 8.29. The maximum Gasteiger partial charge on any atom is 0.273 e. The van der Waals surface area contributed by atoms with Gasteiger partial charge in [-0.2, -0.15) is 0 Å². The van der Waals surface area contributed by atoms with Crippen LogP contribution in [-0.4, -0.2) is 15.8 Å². The number of nitro groups is 1. The summed E-state index contributed by atoms with van der Waals surface area (Å²) in [5.74, 6) is -0.417. The molecule has 0 saturated carbocycles. The Morgan fingerprint density at radius 1 is 1.30 bits per heavy atom. The van der Waals surface area contributed by atoms with E-state index in [1.165, 1.54) is 17.4 Å². The molecule has 0 aliphatic heterocycles. The van der Waals surface area contributed by atoms with Crippen LogP contribution in [0.25, 0.3) is 10.6 Å². The molecule has 1 aromatic carbocycles. The topological polar surface area (TPSA) is 85.1 Å². The van der Waals surface area contributed by atoms with Gasteiger partial charge in [0.05, 0.1) is 15.5 Å². The zero-order valence-corrected chi connectivity index (χ0v) is 13.6. The number of nitrogens with one attached hydrogen (secondary N) is 1. The van der Waals surface area contributed by atoms with Crippen molar-refractivity contribution in [3.63, 3.8) is 0 Å². The number of hydrogen-bond acceptors (Lipinski definition) is 6. The fraction of sp³-hybridized carbons (Fsp3) is 0.0667. The molecule has 8 heteroatoms. The number of anilines is 1. The summed E-state index contributed by atoms with van der Waals surface area (Å²) in [6.07, 6.45) is 0. The molecule has 3 rings (SSSR count). The maximum absolute atomic E-state index is 12.2. The molecule has 116 valence electrons. The predicted octanol–water partition coefficient (Wildman–Crippen LogP) is 4.34. The average molecular weight is 345 g/mol. The van der Waals surface area contributed by atoms with E-state index in [2.05, 4.69) is 10.3 Å². The van der Waals surface area contributed by atoms with Crippen molar-refractivity contribution in [1.29, 1.82) is 0 Å². The van der Waals surface area contributed by atoms with Crippen LogP contribution in [-0.2, 0) is 0 Å². The van der Waals surface area contributed by atoms with Crippen molar-refractivity contribution in [2.24, 2.45) is 0 Å². The molecule has 0 saturated heterocycles. The van der Waals surface area contributed by atoms with Crippen LogP contribution in [0.1, 0.15) is 15.9 Å². The van der Waals surface area contributed by atoms with E-state index in [-0.39, 0.29) is 11.3 Å². The van der Waals surface area contributed by atoms with Crippen LogP contribution >= 0.6 is 22.7 Å². The number of carbonyl (C=O) groups excluding carboxylic acids is 1. The van der Waals surface area contributed by atoms with E-state index in [0.717, 1.165) is 10.6 Å². The first-order valence-electron chi connectivity index (χ1n) is 6.60. The summed E-state index contributed by atoms with van der Waals surface area (Å²) in [5.41, 5.74) is 1.47. The lowest BCUT2D eigenvalue weighted by Gasteiger charge is -2.03. The van der Waals surface area contributed by atoms with Crippen molar-refractivity contribution in [1.82, 2.24) is 4.98 Å². The molecule has 0 fully saturated rings. The highest BCUT2D eigenvalue weighted by Gasteiger charge is 2.16. The fourth-order valence-corrected chi connectivity index (χ4v) is 3.45. The van der Waals surface area contributed by atoms with Crippen molar-refractivity contribution in [2.45, 2.75) is 6.92 Å². The van der Waals surface area contributed by atoms with E-state index in [9.17, 15) is 14.9 Å². The van der Waals surface area contributed by atoms with Crippen molar-refractivity contribution < 1.29 is 9.72 Å². The molecule has 3 aromatic rings. The fourth-order valence-electron chi connectivity index (χ4n) is 1.99. The van der Waals surface area contributed by atoms with Crippen LogP contribution < -0.4 is 5.32 Å². The highest BCUT2D eigenvalue weighted by atomic mass is 32.1. The minimum absolute atomic E-state index is 0.0731. The summed E-state index contributed by atoms with van der Waals surface area (Å²) in [7, 11) is 0. The number of aromatic nitrogens is 1. The number of amides is 1. The van der Waals surface area contributed by atoms with Crippen LogP contribution in [0.15, 0.2) is 41.1 Å². The van der Waals surface area contributed by atoms with Gasteiger partial charge in [0.2, 0.25) is 0 Å². The average Bonchev–Trinajstić information content (AvgIpc) is 3.18. The van der Waals surface area contributed by atoms with E-state index < -0.39 is 10.8 Å². The first kappa shape index (κ1) is 15.3. The second kappa shape index (κ2) is 6.27. The number of nitrogens with zero attached hydrogens (tertiary/aromatic N) is 2. The second-order valence-electron chi connectivity index (χ2n) is 4.73. The smallest absolute Gasteiger partial charge is 0.273 e. The van der Waals surface area contributed by atoms with E-state index in [4.69, 9.17) is 0 Å². The summed E-state index contributed by atoms with van der Waals surface area (Å²) >= 11 is 2.88. The minimum atomic E-state index is -0.496. The van der Waals surface area contributed by atoms with Gasteiger partial charge in [-0.3, -0.25) is 20.2 Å². The number of thiophene rings is 1. The third kappa shape index (κ3) is 3.27. The Kier molecular flexibility index (Phi) is 4.18. The van der Waals surface area contributed by atoms with Crippen molar-refractivity contribution >= 4 is 39.4 Å². The number of nitro benzene ring substituents is 1. The van der Waals surface area contributed by atoms with Gasteiger partial charge in [0.15, 0.2) is 5.13 Å². The van der Waals surface area contributed by atoms with Gasteiger partial charge < -0.3 is 0 Å². The Balaban J connectivity index is 1.80. The van der Waals surface area contributed by atoms with Crippen LogP contribution in [0, 0.1) is 17.0 Å². The third-order valence-corrected chi connectivity index (χ3v) is 4.82. The van der Waals surface area contributed by atoms with Gasteiger partial charge in [0.1, 0.15) is 0 Å². The Labute approximate surface area is 139 Å². The molecule has 0 radical (unpaired) electrons. The SMILES string of the molecule is Cc1ccc(C(=O)Nc2nc(-c3cccs3)cs2)cc1[N+](=O)[O-]. The lowest BCUT2D eigenvalue weighted by atomic mass is 10.1. The van der Waals surface area contributed by atoms with Gasteiger partial charge in [-0.25, -0.2) is 4.98 Å². The molecule has 0 atom stereocenters. The van der Waals surface area contributed by atoms with E-state index in [0.29, 0.717) is 10.7 Å². The zero-order valence-electron chi connectivity index (χ0n) is 12.0. The Hall–Kier alpha value is -2.58. The van der Waals surface area contributed by atoms with Gasteiger partial charge in [-0.1, -0.05) is 12.1 Å². The summed E-state index contributed by atoms with van der Waals surface area (Å²) < 4.78 is 0. The van der Waals surface area contributed by atoms with Gasteiger partial charge in [-0.05, 0) is 24.4 Å². The molecule has 0 spiro atoms. The van der Waals surface area contributed by atoms with E-state index in [1.54, 1.807) is 30.4 Å². The van der Waals surface area contributed by atoms with Crippen LogP contribution in [0.5, 0.6) is 0 Å². The molecule has 0 aliphatic carbocycles. The number of benzene rings is 1. The molecule has 2 heterocycles. The van der Waals surface area contributed by atoms with Gasteiger partial charge in [-0.15, -0.1) is 22.7 Å². The molecule has 0 aliphatic rings.